The van der Waals surface area contributed by atoms with Gasteiger partial charge < -0.3 is 24.2 Å². The van der Waals surface area contributed by atoms with Crippen LogP contribution in [-0.4, -0.2) is 53.6 Å². The summed E-state index contributed by atoms with van der Waals surface area (Å²) in [6, 6.07) is 29.2. The van der Waals surface area contributed by atoms with Crippen LogP contribution in [0.5, 0.6) is 5.75 Å². The molecule has 0 bridgehead atoms. The summed E-state index contributed by atoms with van der Waals surface area (Å²) in [6.07, 6.45) is -5.41. The average Bonchev–Trinajstić information content (AvgIpc) is 3.72. The van der Waals surface area contributed by atoms with Crippen LogP contribution in [0.3, 0.4) is 0 Å². The lowest BCUT2D eigenvalue weighted by Crippen LogP contribution is -2.36. The van der Waals surface area contributed by atoms with Crippen molar-refractivity contribution in [2.75, 3.05) is 26.1 Å². The van der Waals surface area contributed by atoms with Gasteiger partial charge >= 0.3 is 12.1 Å². The van der Waals surface area contributed by atoms with Crippen molar-refractivity contribution in [1.82, 2.24) is 15.0 Å². The van der Waals surface area contributed by atoms with E-state index in [9.17, 15) is 27.6 Å². The molecule has 0 unspecified atom stereocenters. The normalized spacial score (nSPS) is 10.9. The zero-order chi connectivity index (χ0) is 42.0. The molecule has 1 heterocycles. The number of esters is 1. The Morgan fingerprint density at radius 3 is 2.02 bits per heavy atom. The molecule has 0 radical (unpaired) electrons. The Hall–Kier alpha value is -6.83. The molecule has 0 spiro atoms. The number of hydrogen-bond donors (Lipinski definition) is 1. The number of hydrogen-bond acceptors (Lipinski definition) is 8. The molecule has 58 heavy (non-hydrogen) atoms. The number of halogens is 4. The monoisotopic (exact) mass is 796 g/mol. The standard InChI is InChI=1S/C42H34F4N4O6.C2H6/c1-25-4-8-27(9-5-25)28-12-14-30(15-13-28)40-48-39(49-56-40)29-10-6-26(7-11-29)23-50(24-38(52)55-3)41(53)34-19-17-32(21-36(34)43)47-37(51)20-31-16-18-33(54-2)22-35(31)42(44,45)46;1-2/h4-19,21-22H,20,23-24H2,1-3H3,(H,47,51);1-2H3. The first-order chi connectivity index (χ1) is 27.8. The lowest BCUT2D eigenvalue weighted by atomic mass is 10.0. The molecule has 6 rings (SSSR count). The van der Waals surface area contributed by atoms with Crippen LogP contribution in [0.2, 0.25) is 0 Å². The van der Waals surface area contributed by atoms with Crippen LogP contribution >= 0.6 is 0 Å². The SMILES string of the molecule is CC.COC(=O)CN(Cc1ccc(-c2noc(-c3ccc(-c4ccc(C)cc4)cc3)n2)cc1)C(=O)c1ccc(NC(=O)Cc2ccc(OC)cc2C(F)(F)F)cc1F. The first kappa shape index (κ1) is 42.3. The Morgan fingerprint density at radius 1 is 0.793 bits per heavy atom. The Bertz CT molecular complexity index is 2360. The van der Waals surface area contributed by atoms with E-state index in [2.05, 4.69) is 39.7 Å². The Morgan fingerprint density at radius 2 is 1.41 bits per heavy atom. The van der Waals surface area contributed by atoms with Gasteiger partial charge in [0.15, 0.2) is 0 Å². The second kappa shape index (κ2) is 18.9. The molecular weight excluding hydrogens is 756 g/mol. The zero-order valence-corrected chi connectivity index (χ0v) is 32.3. The van der Waals surface area contributed by atoms with E-state index in [1.807, 2.05) is 45.0 Å². The molecule has 0 aliphatic heterocycles. The summed E-state index contributed by atoms with van der Waals surface area (Å²) >= 11 is 0. The highest BCUT2D eigenvalue weighted by atomic mass is 19.4. The van der Waals surface area contributed by atoms with Crippen LogP contribution in [0, 0.1) is 12.7 Å². The largest absolute Gasteiger partial charge is 0.497 e. The van der Waals surface area contributed by atoms with E-state index in [4.69, 9.17) is 14.0 Å². The van der Waals surface area contributed by atoms with Gasteiger partial charge in [-0.15, -0.1) is 0 Å². The third kappa shape index (κ3) is 10.5. The molecule has 1 aromatic heterocycles. The Labute approximate surface area is 332 Å². The smallest absolute Gasteiger partial charge is 0.416 e. The quantitative estimate of drug-likeness (QED) is 0.0960. The minimum atomic E-state index is -4.74. The zero-order valence-electron chi connectivity index (χ0n) is 32.3. The topological polar surface area (TPSA) is 124 Å². The van der Waals surface area contributed by atoms with Crippen molar-refractivity contribution in [1.29, 1.82) is 0 Å². The highest BCUT2D eigenvalue weighted by molar-refractivity contribution is 5.97. The number of aryl methyl sites for hydroxylation is 1. The maximum Gasteiger partial charge on any atom is 0.416 e. The summed E-state index contributed by atoms with van der Waals surface area (Å²) in [5, 5.41) is 6.47. The molecule has 2 amide bonds. The summed E-state index contributed by atoms with van der Waals surface area (Å²) in [6.45, 7) is 5.42. The molecule has 300 valence electrons. The highest BCUT2D eigenvalue weighted by Crippen LogP contribution is 2.35. The minimum Gasteiger partial charge on any atom is -0.497 e. The number of rotatable bonds is 12. The van der Waals surface area contributed by atoms with Gasteiger partial charge in [0.2, 0.25) is 11.7 Å². The van der Waals surface area contributed by atoms with E-state index in [0.717, 1.165) is 53.0 Å². The fourth-order valence-electron chi connectivity index (χ4n) is 5.82. The predicted octanol–water partition coefficient (Wildman–Crippen LogP) is 9.57. The Kier molecular flexibility index (Phi) is 13.8. The fraction of sp³-hybridized carbons (Fsp3) is 0.205. The second-order valence-electron chi connectivity index (χ2n) is 12.7. The van der Waals surface area contributed by atoms with Crippen LogP contribution in [0.1, 0.15) is 46.5 Å². The van der Waals surface area contributed by atoms with Crippen molar-refractivity contribution < 1.29 is 45.9 Å². The number of anilines is 1. The minimum absolute atomic E-state index is 0.0307. The third-order valence-electron chi connectivity index (χ3n) is 8.82. The van der Waals surface area contributed by atoms with Gasteiger partial charge in [0.1, 0.15) is 18.1 Å². The molecule has 10 nitrogen and oxygen atoms in total. The van der Waals surface area contributed by atoms with E-state index in [1.54, 1.807) is 24.3 Å². The molecule has 6 aromatic rings. The highest BCUT2D eigenvalue weighted by Gasteiger charge is 2.34. The average molecular weight is 797 g/mol. The van der Waals surface area contributed by atoms with Crippen LogP contribution in [-0.2, 0) is 33.5 Å². The van der Waals surface area contributed by atoms with Crippen molar-refractivity contribution in [2.45, 2.75) is 39.9 Å². The number of ether oxygens (including phenoxy) is 2. The van der Waals surface area contributed by atoms with Gasteiger partial charge in [0.05, 0.1) is 31.8 Å². The molecule has 0 atom stereocenters. The number of methoxy groups -OCH3 is 2. The molecule has 0 saturated heterocycles. The van der Waals surface area contributed by atoms with E-state index in [-0.39, 0.29) is 23.5 Å². The second-order valence-corrected chi connectivity index (χ2v) is 12.7. The summed E-state index contributed by atoms with van der Waals surface area (Å²) in [5.74, 6) is -2.85. The first-order valence-corrected chi connectivity index (χ1v) is 18.1. The van der Waals surface area contributed by atoms with Gasteiger partial charge in [0, 0.05) is 23.4 Å². The van der Waals surface area contributed by atoms with Crippen LogP contribution in [0.4, 0.5) is 23.2 Å². The number of alkyl halides is 3. The predicted molar refractivity (Wildman–Crippen MR) is 210 cm³/mol. The maximum atomic E-state index is 15.4. The van der Waals surface area contributed by atoms with E-state index in [0.29, 0.717) is 22.8 Å². The summed E-state index contributed by atoms with van der Waals surface area (Å²) in [7, 11) is 2.37. The van der Waals surface area contributed by atoms with Crippen molar-refractivity contribution >= 4 is 23.5 Å². The molecule has 1 N–H and O–H groups in total. The van der Waals surface area contributed by atoms with Gasteiger partial charge in [-0.05, 0) is 71.6 Å². The number of amides is 2. The van der Waals surface area contributed by atoms with Crippen LogP contribution < -0.4 is 10.1 Å². The number of nitrogens with one attached hydrogen (secondary N) is 1. The number of nitrogens with zero attached hydrogens (tertiary/aromatic N) is 3. The van der Waals surface area contributed by atoms with Gasteiger partial charge in [0.25, 0.3) is 11.8 Å². The van der Waals surface area contributed by atoms with E-state index in [1.165, 1.54) is 24.8 Å². The lowest BCUT2D eigenvalue weighted by Gasteiger charge is -2.22. The molecular formula is C44H40F4N4O6. The molecule has 0 aliphatic carbocycles. The number of carbonyl (C=O) groups is 3. The summed E-state index contributed by atoms with van der Waals surface area (Å²) in [5.41, 5.74) is 3.39. The molecule has 14 heteroatoms. The maximum absolute atomic E-state index is 15.4. The Balaban J connectivity index is 0.00000315. The van der Waals surface area contributed by atoms with Gasteiger partial charge in [-0.3, -0.25) is 14.4 Å². The van der Waals surface area contributed by atoms with E-state index >= 15 is 4.39 Å². The molecule has 0 saturated carbocycles. The number of carbonyl (C=O) groups excluding carboxylic acids is 3. The van der Waals surface area contributed by atoms with Crippen molar-refractivity contribution in [3.8, 4) is 39.7 Å². The fourth-order valence-corrected chi connectivity index (χ4v) is 5.82. The molecule has 0 fully saturated rings. The van der Waals surface area contributed by atoms with Crippen molar-refractivity contribution in [3.63, 3.8) is 0 Å². The van der Waals surface area contributed by atoms with Gasteiger partial charge in [-0.2, -0.15) is 18.2 Å². The third-order valence-corrected chi connectivity index (χ3v) is 8.82. The first-order valence-electron chi connectivity index (χ1n) is 18.1. The van der Waals surface area contributed by atoms with Gasteiger partial charge in [-0.25, -0.2) is 4.39 Å². The van der Waals surface area contributed by atoms with E-state index < -0.39 is 53.9 Å². The number of aromatic nitrogens is 2. The van der Waals surface area contributed by atoms with Crippen LogP contribution in [0.15, 0.2) is 114 Å². The van der Waals surface area contributed by atoms with Crippen LogP contribution in [0.25, 0.3) is 34.0 Å². The summed E-state index contributed by atoms with van der Waals surface area (Å²) < 4.78 is 71.3. The summed E-state index contributed by atoms with van der Waals surface area (Å²) in [4.78, 5) is 44.1. The van der Waals surface area contributed by atoms with Crippen molar-refractivity contribution in [2.24, 2.45) is 0 Å². The van der Waals surface area contributed by atoms with Gasteiger partial charge in [-0.1, -0.05) is 91.3 Å². The lowest BCUT2D eigenvalue weighted by molar-refractivity contribution is -0.141. The molecule has 5 aromatic carbocycles. The van der Waals surface area contributed by atoms with Crippen molar-refractivity contribution in [3.05, 3.63) is 143 Å². The molecule has 0 aliphatic rings. The number of benzene rings is 5.